The van der Waals surface area contributed by atoms with E-state index < -0.39 is 0 Å². The molecule has 0 saturated carbocycles. The SMILES string of the molecule is CCCCCC=C=Cc1ccsc1. The van der Waals surface area contributed by atoms with Crippen LogP contribution in [0.15, 0.2) is 28.6 Å². The van der Waals surface area contributed by atoms with Crippen molar-refractivity contribution in [1.82, 2.24) is 0 Å². The van der Waals surface area contributed by atoms with Crippen LogP contribution in [0.1, 0.15) is 38.2 Å². The molecule has 0 N–H and O–H groups in total. The fourth-order valence-electron chi connectivity index (χ4n) is 1.09. The smallest absolute Gasteiger partial charge is 0.00145 e. The van der Waals surface area contributed by atoms with E-state index in [2.05, 4.69) is 35.6 Å². The van der Waals surface area contributed by atoms with Crippen LogP contribution in [-0.4, -0.2) is 0 Å². The van der Waals surface area contributed by atoms with Crippen LogP contribution in [0.25, 0.3) is 6.08 Å². The molecule has 0 radical (unpaired) electrons. The van der Waals surface area contributed by atoms with Gasteiger partial charge in [-0.3, -0.25) is 0 Å². The van der Waals surface area contributed by atoms with E-state index in [0.29, 0.717) is 0 Å². The van der Waals surface area contributed by atoms with Crippen LogP contribution in [0.4, 0.5) is 0 Å². The Hall–Kier alpha value is -0.780. The van der Waals surface area contributed by atoms with Crippen LogP contribution < -0.4 is 0 Å². The summed E-state index contributed by atoms with van der Waals surface area (Å²) < 4.78 is 0. The summed E-state index contributed by atoms with van der Waals surface area (Å²) in [6.07, 6.45) is 9.25. The first kappa shape index (κ1) is 10.3. The Kier molecular flexibility index (Phi) is 5.31. The number of thiophene rings is 1. The van der Waals surface area contributed by atoms with Gasteiger partial charge in [-0.1, -0.05) is 19.8 Å². The lowest BCUT2D eigenvalue weighted by atomic mass is 10.2. The maximum Gasteiger partial charge on any atom is -0.00145 e. The second kappa shape index (κ2) is 6.71. The third kappa shape index (κ3) is 4.72. The van der Waals surface area contributed by atoms with E-state index in [1.54, 1.807) is 11.3 Å². The molecule has 13 heavy (non-hydrogen) atoms. The Morgan fingerprint density at radius 1 is 1.46 bits per heavy atom. The highest BCUT2D eigenvalue weighted by Gasteiger charge is 1.82. The number of rotatable bonds is 5. The van der Waals surface area contributed by atoms with Crippen molar-refractivity contribution in [2.75, 3.05) is 0 Å². The molecular formula is C12H16S. The van der Waals surface area contributed by atoms with Gasteiger partial charge in [0.1, 0.15) is 0 Å². The van der Waals surface area contributed by atoms with Crippen molar-refractivity contribution >= 4 is 17.4 Å². The maximum atomic E-state index is 3.20. The average molecular weight is 192 g/mol. The lowest BCUT2D eigenvalue weighted by Gasteiger charge is -1.88. The van der Waals surface area contributed by atoms with Crippen LogP contribution >= 0.6 is 11.3 Å². The molecule has 0 aliphatic heterocycles. The predicted octanol–water partition coefficient (Wildman–Crippen LogP) is 4.50. The van der Waals surface area contributed by atoms with Crippen molar-refractivity contribution in [3.63, 3.8) is 0 Å². The van der Waals surface area contributed by atoms with Gasteiger partial charge in [0.05, 0.1) is 0 Å². The normalized spacial score (nSPS) is 9.31. The number of hydrogen-bond acceptors (Lipinski definition) is 1. The number of allylic oxidation sites excluding steroid dienone is 1. The molecule has 0 bridgehead atoms. The summed E-state index contributed by atoms with van der Waals surface area (Å²) in [7, 11) is 0. The van der Waals surface area contributed by atoms with Gasteiger partial charge in [0.2, 0.25) is 0 Å². The maximum absolute atomic E-state index is 3.20. The standard InChI is InChI=1S/C12H16S/c1-2-3-4-5-6-7-8-12-9-10-13-11-12/h6,8-11H,2-5H2,1H3. The molecule has 1 heterocycles. The van der Waals surface area contributed by atoms with Crippen molar-refractivity contribution in [3.05, 3.63) is 34.2 Å². The first-order valence-corrected chi connectivity index (χ1v) is 5.81. The van der Waals surface area contributed by atoms with Crippen LogP contribution in [-0.2, 0) is 0 Å². The quantitative estimate of drug-likeness (QED) is 0.476. The molecule has 0 amide bonds. The molecule has 1 rings (SSSR count). The van der Waals surface area contributed by atoms with Crippen molar-refractivity contribution in [3.8, 4) is 0 Å². The second-order valence-electron chi connectivity index (χ2n) is 3.07. The Morgan fingerprint density at radius 3 is 3.08 bits per heavy atom. The molecule has 0 nitrogen and oxygen atoms in total. The van der Waals surface area contributed by atoms with E-state index in [4.69, 9.17) is 0 Å². The molecule has 0 aromatic carbocycles. The van der Waals surface area contributed by atoms with Gasteiger partial charge >= 0.3 is 0 Å². The Balaban J connectivity index is 2.23. The summed E-state index contributed by atoms with van der Waals surface area (Å²) >= 11 is 1.73. The third-order valence-corrected chi connectivity index (χ3v) is 2.56. The van der Waals surface area contributed by atoms with Gasteiger partial charge in [0, 0.05) is 0 Å². The second-order valence-corrected chi connectivity index (χ2v) is 3.85. The predicted molar refractivity (Wildman–Crippen MR) is 61.0 cm³/mol. The summed E-state index contributed by atoms with van der Waals surface area (Å²) in [6.45, 7) is 2.23. The first-order valence-electron chi connectivity index (χ1n) is 4.86. The van der Waals surface area contributed by atoms with Gasteiger partial charge in [0.15, 0.2) is 0 Å². The van der Waals surface area contributed by atoms with E-state index in [-0.39, 0.29) is 0 Å². The molecule has 0 atom stereocenters. The Bertz CT molecular complexity index is 263. The molecule has 0 unspecified atom stereocenters. The number of unbranched alkanes of at least 4 members (excludes halogenated alkanes) is 3. The van der Waals surface area contributed by atoms with E-state index in [9.17, 15) is 0 Å². The molecule has 0 saturated heterocycles. The molecule has 0 aliphatic carbocycles. The van der Waals surface area contributed by atoms with Crippen LogP contribution in [0, 0.1) is 0 Å². The Labute approximate surface area is 84.6 Å². The third-order valence-electron chi connectivity index (χ3n) is 1.86. The van der Waals surface area contributed by atoms with Gasteiger partial charge in [-0.15, -0.1) is 5.73 Å². The van der Waals surface area contributed by atoms with Crippen molar-refractivity contribution in [2.45, 2.75) is 32.6 Å². The van der Waals surface area contributed by atoms with Gasteiger partial charge in [-0.05, 0) is 47.4 Å². The van der Waals surface area contributed by atoms with E-state index >= 15 is 0 Å². The molecule has 0 aliphatic rings. The van der Waals surface area contributed by atoms with Crippen molar-refractivity contribution in [1.29, 1.82) is 0 Å². The number of hydrogen-bond donors (Lipinski definition) is 0. The first-order chi connectivity index (χ1) is 6.43. The lowest BCUT2D eigenvalue weighted by Crippen LogP contribution is -1.68. The fourth-order valence-corrected chi connectivity index (χ4v) is 1.71. The van der Waals surface area contributed by atoms with E-state index in [1.807, 2.05) is 6.08 Å². The topological polar surface area (TPSA) is 0 Å². The summed E-state index contributed by atoms with van der Waals surface area (Å²) in [5.41, 5.74) is 4.46. The minimum atomic E-state index is 1.16. The van der Waals surface area contributed by atoms with Gasteiger partial charge in [-0.2, -0.15) is 11.3 Å². The minimum Gasteiger partial charge on any atom is -0.152 e. The van der Waals surface area contributed by atoms with E-state index in [0.717, 1.165) is 6.42 Å². The highest BCUT2D eigenvalue weighted by molar-refractivity contribution is 7.08. The van der Waals surface area contributed by atoms with Crippen LogP contribution in [0.3, 0.4) is 0 Å². The van der Waals surface area contributed by atoms with Gasteiger partial charge in [-0.25, -0.2) is 0 Å². The van der Waals surface area contributed by atoms with Crippen molar-refractivity contribution in [2.24, 2.45) is 0 Å². The molecule has 0 fully saturated rings. The molecule has 70 valence electrons. The highest BCUT2D eigenvalue weighted by Crippen LogP contribution is 2.07. The summed E-state index contributed by atoms with van der Waals surface area (Å²) in [5, 5.41) is 4.22. The summed E-state index contributed by atoms with van der Waals surface area (Å²) in [6, 6.07) is 2.11. The zero-order valence-electron chi connectivity index (χ0n) is 8.12. The Morgan fingerprint density at radius 2 is 2.38 bits per heavy atom. The van der Waals surface area contributed by atoms with E-state index in [1.165, 1.54) is 24.8 Å². The van der Waals surface area contributed by atoms with Gasteiger partial charge in [0.25, 0.3) is 0 Å². The largest absolute Gasteiger partial charge is 0.152 e. The summed E-state index contributed by atoms with van der Waals surface area (Å²) in [5.74, 6) is 0. The molecule has 1 aromatic rings. The van der Waals surface area contributed by atoms with Crippen molar-refractivity contribution < 1.29 is 0 Å². The summed E-state index contributed by atoms with van der Waals surface area (Å²) in [4.78, 5) is 0. The monoisotopic (exact) mass is 192 g/mol. The van der Waals surface area contributed by atoms with Crippen LogP contribution in [0.5, 0.6) is 0 Å². The minimum absolute atomic E-state index is 1.16. The average Bonchev–Trinajstić information content (AvgIpc) is 2.63. The molecule has 1 heteroatoms. The zero-order chi connectivity index (χ0) is 9.36. The zero-order valence-corrected chi connectivity index (χ0v) is 8.94. The van der Waals surface area contributed by atoms with Crippen LogP contribution in [0.2, 0.25) is 0 Å². The fraction of sp³-hybridized carbons (Fsp3) is 0.417. The highest BCUT2D eigenvalue weighted by atomic mass is 32.1. The molecular weight excluding hydrogens is 176 g/mol. The molecule has 1 aromatic heterocycles. The molecule has 0 spiro atoms. The van der Waals surface area contributed by atoms with Gasteiger partial charge < -0.3 is 0 Å². The lowest BCUT2D eigenvalue weighted by molar-refractivity contribution is 0.729.